The lowest BCUT2D eigenvalue weighted by Crippen LogP contribution is -2.46. The number of nitrogens with zero attached hydrogens (tertiary/aromatic N) is 2. The van der Waals surface area contributed by atoms with Gasteiger partial charge < -0.3 is 15.3 Å². The molecule has 1 aliphatic rings. The molecule has 2 rings (SSSR count). The van der Waals surface area contributed by atoms with Gasteiger partial charge in [0.05, 0.1) is 6.10 Å². The van der Waals surface area contributed by atoms with Crippen molar-refractivity contribution in [3.8, 4) is 0 Å². The van der Waals surface area contributed by atoms with Gasteiger partial charge in [0.15, 0.2) is 0 Å². The first-order valence-corrected chi connectivity index (χ1v) is 9.13. The molecule has 27 heavy (non-hydrogen) atoms. The smallest absolute Gasteiger partial charge is 0.254 e. The Kier molecular flexibility index (Phi) is 7.59. The van der Waals surface area contributed by atoms with Crippen molar-refractivity contribution < 1.29 is 14.7 Å². The highest BCUT2D eigenvalue weighted by Crippen LogP contribution is 2.21. The van der Waals surface area contributed by atoms with Crippen LogP contribution in [-0.2, 0) is 16.1 Å². The summed E-state index contributed by atoms with van der Waals surface area (Å²) in [5, 5.41) is 13.5. The normalized spacial score (nSPS) is 20.1. The van der Waals surface area contributed by atoms with Crippen molar-refractivity contribution in [3.05, 3.63) is 58.2 Å². The molecule has 2 N–H and O–H groups in total. The Balaban J connectivity index is 2.04. The molecule has 0 bridgehead atoms. The molecule has 144 valence electrons. The van der Waals surface area contributed by atoms with Crippen LogP contribution in [0.1, 0.15) is 18.9 Å². The highest BCUT2D eigenvalue weighted by molar-refractivity contribution is 6.30. The van der Waals surface area contributed by atoms with Gasteiger partial charge in [-0.05, 0) is 30.7 Å². The number of rotatable bonds is 6. The highest BCUT2D eigenvalue weighted by atomic mass is 35.5. The van der Waals surface area contributed by atoms with Crippen LogP contribution in [0.25, 0.3) is 0 Å². The molecule has 0 aromatic heterocycles. The fourth-order valence-electron chi connectivity index (χ4n) is 2.75. The Morgan fingerprint density at radius 2 is 2.07 bits per heavy atom. The van der Waals surface area contributed by atoms with Crippen LogP contribution in [0.3, 0.4) is 0 Å². The molecule has 0 unspecified atom stereocenters. The van der Waals surface area contributed by atoms with E-state index in [0.717, 1.165) is 5.56 Å². The average molecular weight is 410 g/mol. The number of nitrogens with one attached hydrogen (secondary N) is 1. The number of benzene rings is 1. The van der Waals surface area contributed by atoms with Crippen LogP contribution in [-0.4, -0.2) is 46.7 Å². The summed E-state index contributed by atoms with van der Waals surface area (Å²) in [5.41, 5.74) is 0.968. The van der Waals surface area contributed by atoms with Crippen molar-refractivity contribution in [1.29, 1.82) is 0 Å². The summed E-state index contributed by atoms with van der Waals surface area (Å²) in [6.07, 6.45) is 2.21. The number of aliphatic hydroxyl groups is 1. The molecule has 6 nitrogen and oxygen atoms in total. The number of amides is 2. The van der Waals surface area contributed by atoms with Gasteiger partial charge in [-0.15, -0.1) is 0 Å². The summed E-state index contributed by atoms with van der Waals surface area (Å²) < 4.78 is 0. The van der Waals surface area contributed by atoms with E-state index < -0.39 is 18.1 Å². The number of carbonyl (C=O) groups is 2. The summed E-state index contributed by atoms with van der Waals surface area (Å²) in [5.74, 6) is -0.813. The molecule has 1 aliphatic heterocycles. The number of aliphatic imine (C=N–C) groups is 1. The van der Waals surface area contributed by atoms with Crippen molar-refractivity contribution in [1.82, 2.24) is 10.2 Å². The minimum absolute atomic E-state index is 0.0550. The Morgan fingerprint density at radius 1 is 1.41 bits per heavy atom. The maximum Gasteiger partial charge on any atom is 0.254 e. The van der Waals surface area contributed by atoms with Crippen molar-refractivity contribution in [2.24, 2.45) is 4.99 Å². The summed E-state index contributed by atoms with van der Waals surface area (Å²) in [7, 11) is 0. The second-order valence-electron chi connectivity index (χ2n) is 6.09. The van der Waals surface area contributed by atoms with E-state index in [1.807, 2.05) is 0 Å². The molecular weight excluding hydrogens is 389 g/mol. The third kappa shape index (κ3) is 5.92. The molecule has 1 heterocycles. The van der Waals surface area contributed by atoms with Gasteiger partial charge in [-0.1, -0.05) is 41.9 Å². The van der Waals surface area contributed by atoms with E-state index in [1.54, 1.807) is 31.2 Å². The number of halogens is 2. The van der Waals surface area contributed by atoms with Crippen LogP contribution < -0.4 is 5.32 Å². The first-order valence-electron chi connectivity index (χ1n) is 8.37. The molecule has 0 spiro atoms. The van der Waals surface area contributed by atoms with Crippen molar-refractivity contribution in [3.63, 3.8) is 0 Å². The Morgan fingerprint density at radius 3 is 2.70 bits per heavy atom. The zero-order valence-electron chi connectivity index (χ0n) is 14.9. The van der Waals surface area contributed by atoms with Crippen LogP contribution in [0.15, 0.2) is 52.6 Å². The van der Waals surface area contributed by atoms with E-state index in [0.29, 0.717) is 11.6 Å². The molecule has 8 heteroatoms. The van der Waals surface area contributed by atoms with E-state index in [1.165, 1.54) is 17.2 Å². The first kappa shape index (κ1) is 21.2. The minimum atomic E-state index is -0.779. The summed E-state index contributed by atoms with van der Waals surface area (Å²) in [6.45, 7) is 5.73. The molecule has 2 atom stereocenters. The number of hydrogen-bond acceptors (Lipinski definition) is 4. The molecule has 1 fully saturated rings. The summed E-state index contributed by atoms with van der Waals surface area (Å²) >= 11 is 11.7. The number of hydrogen-bond donors (Lipinski definition) is 2. The van der Waals surface area contributed by atoms with E-state index in [4.69, 9.17) is 23.2 Å². The fraction of sp³-hybridized carbons (Fsp3) is 0.316. The fourth-order valence-corrected chi connectivity index (χ4v) is 3.10. The standard InChI is InChI=1S/C19H21Cl2N3O3/c1-3-22-17(21)8-12(2)19(27)24-11-15(25)9-16(24)18(26)23-10-13-4-6-14(20)7-5-13/h3-8,15-16,25H,2,9-11H2,1H3,(H,23,26)/b17-8-,22-3?/t15-,16+/m1/s1. The number of carbonyl (C=O) groups excluding carboxylic acids is 2. The average Bonchev–Trinajstić information content (AvgIpc) is 3.02. The lowest BCUT2D eigenvalue weighted by molar-refractivity contribution is -0.135. The van der Waals surface area contributed by atoms with Gasteiger partial charge in [0.25, 0.3) is 5.91 Å². The SMILES string of the molecule is C=C(/C=C(/Cl)N=CC)C(=O)N1C[C@H](O)C[C@H]1C(=O)NCc1ccc(Cl)cc1. The summed E-state index contributed by atoms with van der Waals surface area (Å²) in [4.78, 5) is 30.3. The molecule has 0 radical (unpaired) electrons. The van der Waals surface area contributed by atoms with Gasteiger partial charge >= 0.3 is 0 Å². The largest absolute Gasteiger partial charge is 0.391 e. The van der Waals surface area contributed by atoms with Crippen LogP contribution in [0.4, 0.5) is 0 Å². The monoisotopic (exact) mass is 409 g/mol. The quantitative estimate of drug-likeness (QED) is 0.328. The lowest BCUT2D eigenvalue weighted by Gasteiger charge is -2.24. The molecule has 1 aromatic rings. The van der Waals surface area contributed by atoms with Gasteiger partial charge in [-0.2, -0.15) is 0 Å². The van der Waals surface area contributed by atoms with E-state index >= 15 is 0 Å². The number of β-amino-alcohol motifs (C(OH)–C–C–N with tert-alkyl or cyclic N) is 1. The van der Waals surface area contributed by atoms with Crippen LogP contribution in [0.5, 0.6) is 0 Å². The number of likely N-dealkylation sites (tertiary alicyclic amines) is 1. The van der Waals surface area contributed by atoms with E-state index in [2.05, 4.69) is 16.9 Å². The minimum Gasteiger partial charge on any atom is -0.391 e. The zero-order valence-corrected chi connectivity index (χ0v) is 16.4. The molecular formula is C19H21Cl2N3O3. The second kappa shape index (κ2) is 9.69. The molecule has 0 aliphatic carbocycles. The van der Waals surface area contributed by atoms with Crippen LogP contribution >= 0.6 is 23.2 Å². The Bertz CT molecular complexity index is 775. The molecule has 1 aromatic carbocycles. The maximum atomic E-state index is 12.6. The summed E-state index contributed by atoms with van der Waals surface area (Å²) in [6, 6.07) is 6.29. The maximum absolute atomic E-state index is 12.6. The van der Waals surface area contributed by atoms with Gasteiger partial charge in [-0.3, -0.25) is 9.59 Å². The van der Waals surface area contributed by atoms with E-state index in [9.17, 15) is 14.7 Å². The van der Waals surface area contributed by atoms with Gasteiger partial charge in [0.2, 0.25) is 5.91 Å². The predicted molar refractivity (Wildman–Crippen MR) is 107 cm³/mol. The van der Waals surface area contributed by atoms with Gasteiger partial charge in [-0.25, -0.2) is 4.99 Å². The van der Waals surface area contributed by atoms with Crippen molar-refractivity contribution in [2.45, 2.75) is 32.0 Å². The van der Waals surface area contributed by atoms with Crippen LogP contribution in [0, 0.1) is 0 Å². The third-order valence-corrected chi connectivity index (χ3v) is 4.50. The topological polar surface area (TPSA) is 82.0 Å². The molecule has 0 saturated carbocycles. The van der Waals surface area contributed by atoms with Gasteiger partial charge in [0, 0.05) is 36.3 Å². The van der Waals surface area contributed by atoms with E-state index in [-0.39, 0.29) is 29.6 Å². The predicted octanol–water partition coefficient (Wildman–Crippen LogP) is 2.65. The Labute approximate surface area is 168 Å². The lowest BCUT2D eigenvalue weighted by atomic mass is 10.1. The Hall–Kier alpha value is -2.15. The van der Waals surface area contributed by atoms with Crippen LogP contribution in [0.2, 0.25) is 5.02 Å². The first-order chi connectivity index (χ1) is 12.8. The zero-order chi connectivity index (χ0) is 20.0. The highest BCUT2D eigenvalue weighted by Gasteiger charge is 2.39. The second-order valence-corrected chi connectivity index (χ2v) is 6.91. The van der Waals surface area contributed by atoms with Gasteiger partial charge in [0.1, 0.15) is 11.2 Å². The molecule has 2 amide bonds. The van der Waals surface area contributed by atoms with Crippen molar-refractivity contribution >= 4 is 41.2 Å². The molecule has 1 saturated heterocycles. The van der Waals surface area contributed by atoms with Crippen molar-refractivity contribution in [2.75, 3.05) is 6.54 Å². The number of aliphatic hydroxyl groups excluding tert-OH is 1. The third-order valence-electron chi connectivity index (χ3n) is 4.04.